The van der Waals surface area contributed by atoms with E-state index in [1.807, 2.05) is 0 Å². The highest BCUT2D eigenvalue weighted by molar-refractivity contribution is 14.1. The monoisotopic (exact) mass is 300 g/mol. The molecule has 0 spiro atoms. The Labute approximate surface area is 101 Å². The fourth-order valence-corrected chi connectivity index (χ4v) is 1.92. The maximum atomic E-state index is 2.39. The van der Waals surface area contributed by atoms with E-state index in [1.54, 1.807) is 0 Å². The largest absolute Gasteiger partial charge is 0.0882 e. The molecule has 0 amide bonds. The lowest BCUT2D eigenvalue weighted by atomic mass is 10.1. The first-order valence-electron chi connectivity index (χ1n) is 5.23. The molecule has 0 N–H and O–H groups in total. The van der Waals surface area contributed by atoms with E-state index < -0.39 is 0 Å². The molecule has 0 nitrogen and oxygen atoms in total. The van der Waals surface area contributed by atoms with Crippen LogP contribution >= 0.6 is 22.6 Å². The average molecular weight is 300 g/mol. The van der Waals surface area contributed by atoms with Crippen LogP contribution in [0.15, 0.2) is 36.4 Å². The zero-order valence-electron chi connectivity index (χ0n) is 8.67. The Morgan fingerprint density at radius 2 is 2.00 bits per heavy atom. The van der Waals surface area contributed by atoms with Gasteiger partial charge in [-0.15, -0.1) is 0 Å². The van der Waals surface area contributed by atoms with Crippen LogP contribution in [-0.4, -0.2) is 0 Å². The molecule has 1 heteroatoms. The summed E-state index contributed by atoms with van der Waals surface area (Å²) in [6.07, 6.45) is 9.47. The van der Waals surface area contributed by atoms with E-state index in [4.69, 9.17) is 0 Å². The minimum Gasteiger partial charge on any atom is -0.0882 e. The van der Waals surface area contributed by atoms with E-state index in [0.29, 0.717) is 0 Å². The molecule has 0 atom stereocenters. The number of rotatable bonds is 5. The summed E-state index contributed by atoms with van der Waals surface area (Å²) in [5.74, 6) is 0. The summed E-state index contributed by atoms with van der Waals surface area (Å²) in [5.41, 5.74) is 1.43. The molecule has 0 aliphatic carbocycles. The number of allylic oxidation sites excluding steroid dienone is 2. The molecule has 1 aromatic carbocycles. The summed E-state index contributed by atoms with van der Waals surface area (Å²) in [7, 11) is 0. The van der Waals surface area contributed by atoms with Crippen molar-refractivity contribution < 1.29 is 0 Å². The molecule has 0 aliphatic rings. The zero-order valence-corrected chi connectivity index (χ0v) is 10.8. The predicted octanol–water partition coefficient (Wildman–Crippen LogP) is 4.58. The molecule has 1 rings (SSSR count). The minimum absolute atomic E-state index is 1.07. The lowest BCUT2D eigenvalue weighted by Gasteiger charge is -1.99. The van der Waals surface area contributed by atoms with Gasteiger partial charge in [-0.3, -0.25) is 0 Å². The van der Waals surface area contributed by atoms with Gasteiger partial charge in [0.25, 0.3) is 0 Å². The van der Waals surface area contributed by atoms with Gasteiger partial charge < -0.3 is 0 Å². The van der Waals surface area contributed by atoms with Crippen molar-refractivity contribution in [3.63, 3.8) is 0 Å². The van der Waals surface area contributed by atoms with Gasteiger partial charge in [0.2, 0.25) is 0 Å². The first kappa shape index (κ1) is 11.8. The maximum absolute atomic E-state index is 2.39. The molecule has 1 aromatic rings. The number of hydrogen-bond donors (Lipinski definition) is 0. The Morgan fingerprint density at radius 1 is 1.21 bits per heavy atom. The quantitative estimate of drug-likeness (QED) is 0.424. The highest BCUT2D eigenvalue weighted by atomic mass is 127. The highest BCUT2D eigenvalue weighted by Gasteiger charge is 1.93. The van der Waals surface area contributed by atoms with Crippen molar-refractivity contribution in [3.8, 4) is 0 Å². The molecular formula is C13H17I. The summed E-state index contributed by atoms with van der Waals surface area (Å²) in [6.45, 7) is 2.23. The molecule has 14 heavy (non-hydrogen) atoms. The summed E-state index contributed by atoms with van der Waals surface area (Å²) in [5, 5.41) is 0. The molecule has 0 heterocycles. The Morgan fingerprint density at radius 3 is 2.71 bits per heavy atom. The van der Waals surface area contributed by atoms with Gasteiger partial charge in [0.1, 0.15) is 0 Å². The van der Waals surface area contributed by atoms with Crippen LogP contribution in [0.5, 0.6) is 0 Å². The molecular weight excluding hydrogens is 283 g/mol. The van der Waals surface area contributed by atoms with Gasteiger partial charge >= 0.3 is 0 Å². The van der Waals surface area contributed by atoms with Crippen LogP contribution in [0.1, 0.15) is 31.7 Å². The van der Waals surface area contributed by atoms with Gasteiger partial charge in [-0.25, -0.2) is 0 Å². The molecule has 0 unspecified atom stereocenters. The van der Waals surface area contributed by atoms with Crippen molar-refractivity contribution in [1.29, 1.82) is 0 Å². The maximum Gasteiger partial charge on any atom is 0.0165 e. The number of halogens is 1. The summed E-state index contributed by atoms with van der Waals surface area (Å²) in [4.78, 5) is 0. The van der Waals surface area contributed by atoms with Crippen molar-refractivity contribution in [1.82, 2.24) is 0 Å². The first-order chi connectivity index (χ1) is 6.84. The number of unbranched alkanes of at least 4 members (excludes halogenated alkanes) is 2. The molecule has 76 valence electrons. The molecule has 0 radical (unpaired) electrons. The van der Waals surface area contributed by atoms with Crippen molar-refractivity contribution in [3.05, 3.63) is 45.6 Å². The topological polar surface area (TPSA) is 0 Å². The van der Waals surface area contributed by atoms with Crippen LogP contribution in [0.3, 0.4) is 0 Å². The van der Waals surface area contributed by atoms with Crippen LogP contribution in [0.2, 0.25) is 0 Å². The second-order valence-electron chi connectivity index (χ2n) is 3.41. The fourth-order valence-electron chi connectivity index (χ4n) is 1.31. The van der Waals surface area contributed by atoms with Gasteiger partial charge in [-0.2, -0.15) is 0 Å². The van der Waals surface area contributed by atoms with Crippen LogP contribution in [-0.2, 0) is 6.42 Å². The average Bonchev–Trinajstić information content (AvgIpc) is 2.20. The van der Waals surface area contributed by atoms with Gasteiger partial charge in [0.15, 0.2) is 0 Å². The Bertz CT molecular complexity index is 289. The van der Waals surface area contributed by atoms with E-state index in [-0.39, 0.29) is 0 Å². The number of benzene rings is 1. The van der Waals surface area contributed by atoms with E-state index >= 15 is 0 Å². The standard InChI is InChI=1S/C13H17I/c1-2-3-4-5-6-9-12-10-7-8-11-13(12)14/h5-8,10-11H,2-4,9H2,1H3/b6-5+. The van der Waals surface area contributed by atoms with Gasteiger partial charge in [0, 0.05) is 3.57 Å². The van der Waals surface area contributed by atoms with Crippen molar-refractivity contribution >= 4 is 22.6 Å². The highest BCUT2D eigenvalue weighted by Crippen LogP contribution is 2.12. The zero-order chi connectivity index (χ0) is 10.2. The molecule has 0 aromatic heterocycles. The Balaban J connectivity index is 2.38. The van der Waals surface area contributed by atoms with Gasteiger partial charge in [0.05, 0.1) is 0 Å². The molecule has 0 bridgehead atoms. The Hall–Kier alpha value is -0.310. The van der Waals surface area contributed by atoms with Crippen LogP contribution in [0.25, 0.3) is 0 Å². The molecule has 0 saturated carbocycles. The minimum atomic E-state index is 1.07. The smallest absolute Gasteiger partial charge is 0.0165 e. The Kier molecular flexibility index (Phi) is 5.92. The summed E-state index contributed by atoms with van der Waals surface area (Å²) in [6, 6.07) is 8.56. The van der Waals surface area contributed by atoms with Crippen LogP contribution in [0, 0.1) is 3.57 Å². The van der Waals surface area contributed by atoms with Crippen molar-refractivity contribution in [2.75, 3.05) is 0 Å². The third-order valence-corrected chi connectivity index (χ3v) is 3.24. The van der Waals surface area contributed by atoms with Crippen molar-refractivity contribution in [2.45, 2.75) is 32.6 Å². The second-order valence-corrected chi connectivity index (χ2v) is 4.57. The van der Waals surface area contributed by atoms with E-state index in [1.165, 1.54) is 28.4 Å². The molecule has 0 saturated heterocycles. The van der Waals surface area contributed by atoms with Gasteiger partial charge in [-0.1, -0.05) is 50.1 Å². The van der Waals surface area contributed by atoms with Crippen LogP contribution in [0.4, 0.5) is 0 Å². The first-order valence-corrected chi connectivity index (χ1v) is 6.31. The third kappa shape index (κ3) is 4.27. The SMILES string of the molecule is CCCC/C=C/Cc1ccccc1I. The normalized spacial score (nSPS) is 11.0. The summed E-state index contributed by atoms with van der Waals surface area (Å²) >= 11 is 2.39. The van der Waals surface area contributed by atoms with E-state index in [9.17, 15) is 0 Å². The van der Waals surface area contributed by atoms with Crippen LogP contribution < -0.4 is 0 Å². The lowest BCUT2D eigenvalue weighted by molar-refractivity contribution is 0.813. The number of hydrogen-bond acceptors (Lipinski definition) is 0. The van der Waals surface area contributed by atoms with Gasteiger partial charge in [-0.05, 0) is 47.1 Å². The molecule has 0 aliphatic heterocycles. The van der Waals surface area contributed by atoms with Crippen molar-refractivity contribution in [2.24, 2.45) is 0 Å². The molecule has 0 fully saturated rings. The van der Waals surface area contributed by atoms with E-state index in [2.05, 4.69) is 65.9 Å². The van der Waals surface area contributed by atoms with E-state index in [0.717, 1.165) is 6.42 Å². The second kappa shape index (κ2) is 7.04. The summed E-state index contributed by atoms with van der Waals surface area (Å²) < 4.78 is 1.37. The third-order valence-electron chi connectivity index (χ3n) is 2.19. The fraction of sp³-hybridized carbons (Fsp3) is 0.385. The predicted molar refractivity (Wildman–Crippen MR) is 71.5 cm³/mol. The lowest BCUT2D eigenvalue weighted by Crippen LogP contribution is -1.84.